The summed E-state index contributed by atoms with van der Waals surface area (Å²) in [4.78, 5) is 22.3. The molecule has 0 aliphatic heterocycles. The lowest BCUT2D eigenvalue weighted by Gasteiger charge is -2.23. The number of carbonyl (C=O) groups excluding carboxylic acids is 1. The first kappa shape index (κ1) is 14.0. The van der Waals surface area contributed by atoms with Crippen LogP contribution < -0.4 is 5.32 Å². The lowest BCUT2D eigenvalue weighted by atomic mass is 10.2. The van der Waals surface area contributed by atoms with E-state index in [1.807, 2.05) is 18.2 Å². The summed E-state index contributed by atoms with van der Waals surface area (Å²) in [6.45, 7) is 1.28. The third-order valence-corrected chi connectivity index (χ3v) is 2.37. The highest BCUT2D eigenvalue weighted by molar-refractivity contribution is 5.82. The predicted molar refractivity (Wildman–Crippen MR) is 62.8 cm³/mol. The van der Waals surface area contributed by atoms with E-state index in [1.165, 1.54) is 14.0 Å². The van der Waals surface area contributed by atoms with Crippen molar-refractivity contribution in [1.29, 1.82) is 0 Å². The van der Waals surface area contributed by atoms with E-state index in [-0.39, 0.29) is 6.61 Å². The highest BCUT2D eigenvalue weighted by atomic mass is 16.6. The lowest BCUT2D eigenvalue weighted by Crippen LogP contribution is -2.53. The van der Waals surface area contributed by atoms with E-state index in [0.717, 1.165) is 5.56 Å². The number of methoxy groups -OCH3 is 1. The van der Waals surface area contributed by atoms with Crippen LogP contribution in [0.5, 0.6) is 0 Å². The first-order chi connectivity index (χ1) is 8.48. The van der Waals surface area contributed by atoms with Crippen molar-refractivity contribution >= 4 is 12.1 Å². The minimum Gasteiger partial charge on any atom is -0.478 e. The number of aliphatic carboxylic acids is 1. The highest BCUT2D eigenvalue weighted by Gasteiger charge is 2.35. The van der Waals surface area contributed by atoms with Gasteiger partial charge in [-0.15, -0.1) is 0 Å². The third-order valence-electron chi connectivity index (χ3n) is 2.37. The van der Waals surface area contributed by atoms with Crippen molar-refractivity contribution in [2.24, 2.45) is 0 Å². The quantitative estimate of drug-likeness (QED) is 0.774. The Morgan fingerprint density at radius 3 is 2.44 bits per heavy atom. The molecule has 1 aromatic rings. The minimum absolute atomic E-state index is 0.0616. The molecule has 0 heterocycles. The van der Waals surface area contributed by atoms with Gasteiger partial charge in [-0.3, -0.25) is 5.32 Å². The Kier molecular flexibility index (Phi) is 4.67. The number of carboxylic acids is 1. The smallest absolute Gasteiger partial charge is 0.410 e. The summed E-state index contributed by atoms with van der Waals surface area (Å²) in [5.74, 6) is -1.30. The molecule has 0 radical (unpaired) electrons. The standard InChI is InChI=1S/C12H15NO5/c1-12(17-2,10(14)15)13-11(16)18-8-9-6-4-3-5-7-9/h3-7H,8H2,1-2H3,(H,13,16)(H,14,15). The highest BCUT2D eigenvalue weighted by Crippen LogP contribution is 2.06. The first-order valence-corrected chi connectivity index (χ1v) is 5.25. The number of ether oxygens (including phenoxy) is 2. The van der Waals surface area contributed by atoms with E-state index in [1.54, 1.807) is 12.1 Å². The second-order valence-corrected chi connectivity index (χ2v) is 3.73. The fourth-order valence-electron chi connectivity index (χ4n) is 1.15. The second kappa shape index (κ2) is 6.02. The average Bonchev–Trinajstić information content (AvgIpc) is 2.37. The zero-order valence-electron chi connectivity index (χ0n) is 10.2. The number of rotatable bonds is 5. The summed E-state index contributed by atoms with van der Waals surface area (Å²) in [5.41, 5.74) is -0.990. The van der Waals surface area contributed by atoms with Crippen LogP contribution in [0.15, 0.2) is 30.3 Å². The van der Waals surface area contributed by atoms with E-state index in [0.29, 0.717) is 0 Å². The number of nitrogens with one attached hydrogen (secondary N) is 1. The van der Waals surface area contributed by atoms with Crippen molar-refractivity contribution in [3.05, 3.63) is 35.9 Å². The molecule has 1 unspecified atom stereocenters. The van der Waals surface area contributed by atoms with Crippen molar-refractivity contribution in [1.82, 2.24) is 5.32 Å². The summed E-state index contributed by atoms with van der Waals surface area (Å²) in [6.07, 6.45) is -0.856. The summed E-state index contributed by atoms with van der Waals surface area (Å²) in [6, 6.07) is 9.05. The van der Waals surface area contributed by atoms with Gasteiger partial charge >= 0.3 is 12.1 Å². The Morgan fingerprint density at radius 1 is 1.33 bits per heavy atom. The summed E-state index contributed by atoms with van der Waals surface area (Å²) in [7, 11) is 1.19. The molecule has 98 valence electrons. The lowest BCUT2D eigenvalue weighted by molar-refractivity contribution is -0.163. The van der Waals surface area contributed by atoms with Gasteiger partial charge in [0.25, 0.3) is 0 Å². The second-order valence-electron chi connectivity index (χ2n) is 3.73. The van der Waals surface area contributed by atoms with Gasteiger partial charge in [-0.25, -0.2) is 9.59 Å². The molecule has 6 heteroatoms. The van der Waals surface area contributed by atoms with Gasteiger partial charge in [-0.05, 0) is 12.5 Å². The van der Waals surface area contributed by atoms with E-state index in [9.17, 15) is 9.59 Å². The van der Waals surface area contributed by atoms with Gasteiger partial charge in [0.05, 0.1) is 0 Å². The molecule has 0 spiro atoms. The number of alkyl carbamates (subject to hydrolysis) is 1. The Morgan fingerprint density at radius 2 is 1.94 bits per heavy atom. The molecule has 1 rings (SSSR count). The SMILES string of the molecule is COC(C)(NC(=O)OCc1ccccc1)C(=O)O. The number of carbonyl (C=O) groups is 2. The van der Waals surface area contributed by atoms with Crippen LogP contribution in [0, 0.1) is 0 Å². The molecule has 0 fully saturated rings. The number of hydrogen-bond donors (Lipinski definition) is 2. The van der Waals surface area contributed by atoms with Crippen LogP contribution in [0.4, 0.5) is 4.79 Å². The topological polar surface area (TPSA) is 84.9 Å². The number of carboxylic acid groups (broad SMARTS) is 1. The number of amides is 1. The Bertz CT molecular complexity index is 420. The molecular formula is C12H15NO5. The van der Waals surface area contributed by atoms with Crippen molar-refractivity contribution in [3.8, 4) is 0 Å². The molecule has 0 saturated carbocycles. The molecule has 0 saturated heterocycles. The maximum Gasteiger partial charge on any atom is 0.410 e. The van der Waals surface area contributed by atoms with Crippen LogP contribution in [0.25, 0.3) is 0 Å². The fraction of sp³-hybridized carbons (Fsp3) is 0.333. The molecule has 2 N–H and O–H groups in total. The van der Waals surface area contributed by atoms with E-state index < -0.39 is 17.8 Å². The molecule has 1 aromatic carbocycles. The van der Waals surface area contributed by atoms with Gasteiger partial charge in [-0.1, -0.05) is 30.3 Å². The summed E-state index contributed by atoms with van der Waals surface area (Å²) >= 11 is 0. The van der Waals surface area contributed by atoms with Crippen molar-refractivity contribution in [2.75, 3.05) is 7.11 Å². The molecule has 0 bridgehead atoms. The van der Waals surface area contributed by atoms with Gasteiger partial charge in [0, 0.05) is 7.11 Å². The van der Waals surface area contributed by atoms with Crippen molar-refractivity contribution < 1.29 is 24.2 Å². The van der Waals surface area contributed by atoms with Crippen LogP contribution in [-0.4, -0.2) is 30.0 Å². The molecule has 18 heavy (non-hydrogen) atoms. The predicted octanol–water partition coefficient (Wildman–Crippen LogP) is 1.36. The normalized spacial score (nSPS) is 13.4. The molecule has 1 atom stereocenters. The largest absolute Gasteiger partial charge is 0.478 e. The number of hydrogen-bond acceptors (Lipinski definition) is 4. The molecular weight excluding hydrogens is 238 g/mol. The van der Waals surface area contributed by atoms with Crippen LogP contribution in [-0.2, 0) is 20.9 Å². The monoisotopic (exact) mass is 253 g/mol. The maximum atomic E-state index is 11.4. The van der Waals surface area contributed by atoms with Crippen molar-refractivity contribution in [3.63, 3.8) is 0 Å². The van der Waals surface area contributed by atoms with Crippen LogP contribution in [0.3, 0.4) is 0 Å². The Hall–Kier alpha value is -2.08. The van der Waals surface area contributed by atoms with E-state index >= 15 is 0 Å². The van der Waals surface area contributed by atoms with Gasteiger partial charge < -0.3 is 14.6 Å². The maximum absolute atomic E-state index is 11.4. The molecule has 0 aliphatic carbocycles. The first-order valence-electron chi connectivity index (χ1n) is 5.25. The van der Waals surface area contributed by atoms with Gasteiger partial charge in [0.15, 0.2) is 0 Å². The minimum atomic E-state index is -1.80. The number of benzene rings is 1. The van der Waals surface area contributed by atoms with Crippen LogP contribution in [0.2, 0.25) is 0 Å². The third kappa shape index (κ3) is 3.74. The van der Waals surface area contributed by atoms with Crippen molar-refractivity contribution in [2.45, 2.75) is 19.3 Å². The Balaban J connectivity index is 2.49. The summed E-state index contributed by atoms with van der Waals surface area (Å²) < 4.78 is 9.59. The average molecular weight is 253 g/mol. The zero-order chi connectivity index (χ0) is 13.6. The fourth-order valence-corrected chi connectivity index (χ4v) is 1.15. The summed E-state index contributed by atoms with van der Waals surface area (Å²) in [5, 5.41) is 11.0. The van der Waals surface area contributed by atoms with Crippen LogP contribution in [0.1, 0.15) is 12.5 Å². The molecule has 0 aromatic heterocycles. The zero-order valence-corrected chi connectivity index (χ0v) is 10.2. The molecule has 1 amide bonds. The van der Waals surface area contributed by atoms with E-state index in [2.05, 4.69) is 5.32 Å². The van der Waals surface area contributed by atoms with Crippen LogP contribution >= 0.6 is 0 Å². The Labute approximate surface area is 105 Å². The molecule has 0 aliphatic rings. The van der Waals surface area contributed by atoms with Gasteiger partial charge in [0.2, 0.25) is 5.72 Å². The van der Waals surface area contributed by atoms with Gasteiger partial charge in [0.1, 0.15) is 6.61 Å². The molecule has 6 nitrogen and oxygen atoms in total. The van der Waals surface area contributed by atoms with E-state index in [4.69, 9.17) is 14.6 Å². The van der Waals surface area contributed by atoms with Gasteiger partial charge in [-0.2, -0.15) is 0 Å².